The first kappa shape index (κ1) is 14.0. The van der Waals surface area contributed by atoms with Gasteiger partial charge < -0.3 is 5.32 Å². The number of alkyl halides is 3. The van der Waals surface area contributed by atoms with Crippen LogP contribution in [0.3, 0.4) is 0 Å². The van der Waals surface area contributed by atoms with Crippen molar-refractivity contribution in [1.29, 1.82) is 0 Å². The SMILES string of the molecule is Cc1ccc(C2Cc3cccc(C(F)(F)F)c3N2)cc1C. The molecule has 0 aliphatic carbocycles. The Labute approximate surface area is 121 Å². The largest absolute Gasteiger partial charge is 0.418 e. The molecule has 1 N–H and O–H groups in total. The monoisotopic (exact) mass is 291 g/mol. The van der Waals surface area contributed by atoms with E-state index in [-0.39, 0.29) is 11.7 Å². The molecule has 2 aromatic rings. The van der Waals surface area contributed by atoms with E-state index in [9.17, 15) is 13.2 Å². The van der Waals surface area contributed by atoms with Crippen molar-refractivity contribution < 1.29 is 13.2 Å². The van der Waals surface area contributed by atoms with Crippen LogP contribution in [0.2, 0.25) is 0 Å². The van der Waals surface area contributed by atoms with Gasteiger partial charge in [0, 0.05) is 0 Å². The molecule has 0 spiro atoms. The van der Waals surface area contributed by atoms with E-state index in [1.54, 1.807) is 6.07 Å². The third-order valence-corrected chi connectivity index (χ3v) is 4.13. The molecule has 1 aliphatic rings. The zero-order chi connectivity index (χ0) is 15.2. The number of halogens is 3. The van der Waals surface area contributed by atoms with E-state index in [1.165, 1.54) is 11.6 Å². The van der Waals surface area contributed by atoms with Crippen LogP contribution in [0.1, 0.15) is 33.9 Å². The van der Waals surface area contributed by atoms with E-state index in [1.807, 2.05) is 32.0 Å². The molecule has 0 bridgehead atoms. The molecule has 2 aromatic carbocycles. The highest BCUT2D eigenvalue weighted by molar-refractivity contribution is 5.64. The van der Waals surface area contributed by atoms with Gasteiger partial charge in [-0.3, -0.25) is 0 Å². The lowest BCUT2D eigenvalue weighted by molar-refractivity contribution is -0.136. The Morgan fingerprint density at radius 1 is 1.05 bits per heavy atom. The lowest BCUT2D eigenvalue weighted by atomic mass is 9.98. The minimum Gasteiger partial charge on any atom is -0.377 e. The highest BCUT2D eigenvalue weighted by Crippen LogP contribution is 2.43. The summed E-state index contributed by atoms with van der Waals surface area (Å²) in [5, 5.41) is 3.05. The van der Waals surface area contributed by atoms with Crippen molar-refractivity contribution >= 4 is 5.69 Å². The van der Waals surface area contributed by atoms with Crippen LogP contribution in [0, 0.1) is 13.8 Å². The lowest BCUT2D eigenvalue weighted by Crippen LogP contribution is -2.10. The zero-order valence-corrected chi connectivity index (χ0v) is 11.9. The second-order valence-electron chi connectivity index (χ2n) is 5.58. The van der Waals surface area contributed by atoms with Gasteiger partial charge >= 0.3 is 6.18 Å². The number of para-hydroxylation sites is 1. The number of fused-ring (bicyclic) bond motifs is 1. The third-order valence-electron chi connectivity index (χ3n) is 4.13. The molecule has 1 aliphatic heterocycles. The van der Waals surface area contributed by atoms with Gasteiger partial charge in [-0.2, -0.15) is 13.2 Å². The molecule has 1 heterocycles. The minimum atomic E-state index is -4.32. The number of hydrogen-bond donors (Lipinski definition) is 1. The Hall–Kier alpha value is -1.97. The van der Waals surface area contributed by atoms with Crippen LogP contribution in [0.5, 0.6) is 0 Å². The molecule has 3 rings (SSSR count). The molecular formula is C17H16F3N. The molecule has 4 heteroatoms. The molecule has 0 saturated heterocycles. The molecule has 1 nitrogen and oxygen atoms in total. The van der Waals surface area contributed by atoms with Crippen LogP contribution in [-0.4, -0.2) is 0 Å². The van der Waals surface area contributed by atoms with Gasteiger partial charge in [0.2, 0.25) is 0 Å². The van der Waals surface area contributed by atoms with Crippen LogP contribution in [0.25, 0.3) is 0 Å². The second-order valence-corrected chi connectivity index (χ2v) is 5.58. The smallest absolute Gasteiger partial charge is 0.377 e. The quantitative estimate of drug-likeness (QED) is 0.777. The van der Waals surface area contributed by atoms with Gasteiger partial charge in [0.25, 0.3) is 0 Å². The second kappa shape index (κ2) is 4.79. The molecule has 21 heavy (non-hydrogen) atoms. The van der Waals surface area contributed by atoms with Gasteiger partial charge in [0.1, 0.15) is 0 Å². The van der Waals surface area contributed by atoms with E-state index in [0.29, 0.717) is 6.42 Å². The highest BCUT2D eigenvalue weighted by atomic mass is 19.4. The Bertz CT molecular complexity index is 689. The number of anilines is 1. The fourth-order valence-electron chi connectivity index (χ4n) is 2.80. The first-order valence-electron chi connectivity index (χ1n) is 6.89. The molecule has 0 fully saturated rings. The molecule has 110 valence electrons. The molecule has 0 amide bonds. The summed E-state index contributed by atoms with van der Waals surface area (Å²) in [6.45, 7) is 4.04. The predicted octanol–water partition coefficient (Wildman–Crippen LogP) is 5.03. The number of rotatable bonds is 1. The third kappa shape index (κ3) is 2.50. The van der Waals surface area contributed by atoms with Crippen molar-refractivity contribution in [3.05, 3.63) is 64.2 Å². The van der Waals surface area contributed by atoms with Crippen LogP contribution in [0.15, 0.2) is 36.4 Å². The number of hydrogen-bond acceptors (Lipinski definition) is 1. The van der Waals surface area contributed by atoms with Crippen molar-refractivity contribution in [2.75, 3.05) is 5.32 Å². The van der Waals surface area contributed by atoms with Crippen LogP contribution in [-0.2, 0) is 12.6 Å². The summed E-state index contributed by atoms with van der Waals surface area (Å²) in [4.78, 5) is 0. The molecule has 1 unspecified atom stereocenters. The van der Waals surface area contributed by atoms with Crippen molar-refractivity contribution in [3.63, 3.8) is 0 Å². The first-order valence-corrected chi connectivity index (χ1v) is 6.89. The Kier molecular flexibility index (Phi) is 3.19. The van der Waals surface area contributed by atoms with Gasteiger partial charge in [-0.15, -0.1) is 0 Å². The summed E-state index contributed by atoms with van der Waals surface area (Å²) < 4.78 is 39.1. The van der Waals surface area contributed by atoms with E-state index in [0.717, 1.165) is 22.8 Å². The average molecular weight is 291 g/mol. The Morgan fingerprint density at radius 2 is 1.81 bits per heavy atom. The summed E-state index contributed by atoms with van der Waals surface area (Å²) in [6.07, 6.45) is -3.74. The lowest BCUT2D eigenvalue weighted by Gasteiger charge is -2.15. The van der Waals surface area contributed by atoms with Crippen LogP contribution in [0.4, 0.5) is 18.9 Å². The maximum Gasteiger partial charge on any atom is 0.418 e. The fourth-order valence-corrected chi connectivity index (χ4v) is 2.80. The summed E-state index contributed by atoms with van der Waals surface area (Å²) in [6, 6.07) is 10.3. The van der Waals surface area contributed by atoms with Gasteiger partial charge in [0.05, 0.1) is 17.3 Å². The maximum atomic E-state index is 13.0. The van der Waals surface area contributed by atoms with Gasteiger partial charge in [-0.25, -0.2) is 0 Å². The normalized spacial score (nSPS) is 17.5. The van der Waals surface area contributed by atoms with Crippen LogP contribution < -0.4 is 5.32 Å². The topological polar surface area (TPSA) is 12.0 Å². The maximum absolute atomic E-state index is 13.0. The van der Waals surface area contributed by atoms with Crippen molar-refractivity contribution in [1.82, 2.24) is 0 Å². The number of aryl methyl sites for hydroxylation is 2. The van der Waals surface area contributed by atoms with Crippen molar-refractivity contribution in [2.45, 2.75) is 32.5 Å². The molecular weight excluding hydrogens is 275 g/mol. The average Bonchev–Trinajstić information content (AvgIpc) is 2.84. The highest BCUT2D eigenvalue weighted by Gasteiger charge is 2.37. The van der Waals surface area contributed by atoms with Gasteiger partial charge in [-0.1, -0.05) is 30.3 Å². The number of benzene rings is 2. The zero-order valence-electron chi connectivity index (χ0n) is 11.9. The molecule has 0 saturated carbocycles. The van der Waals surface area contributed by atoms with E-state index >= 15 is 0 Å². The summed E-state index contributed by atoms with van der Waals surface area (Å²) in [5.41, 5.74) is 3.75. The van der Waals surface area contributed by atoms with Gasteiger partial charge in [-0.05, 0) is 48.6 Å². The number of nitrogens with one attached hydrogen (secondary N) is 1. The first-order chi connectivity index (χ1) is 9.86. The van der Waals surface area contributed by atoms with Gasteiger partial charge in [0.15, 0.2) is 0 Å². The predicted molar refractivity (Wildman–Crippen MR) is 77.4 cm³/mol. The minimum absolute atomic E-state index is 0.0946. The molecule has 0 aromatic heterocycles. The van der Waals surface area contributed by atoms with E-state index in [2.05, 4.69) is 5.32 Å². The van der Waals surface area contributed by atoms with Crippen LogP contribution >= 0.6 is 0 Å². The summed E-state index contributed by atoms with van der Waals surface area (Å²) >= 11 is 0. The van der Waals surface area contributed by atoms with E-state index in [4.69, 9.17) is 0 Å². The Balaban J connectivity index is 1.96. The Morgan fingerprint density at radius 3 is 2.48 bits per heavy atom. The van der Waals surface area contributed by atoms with Crippen molar-refractivity contribution in [2.24, 2.45) is 0 Å². The van der Waals surface area contributed by atoms with E-state index < -0.39 is 11.7 Å². The summed E-state index contributed by atoms with van der Waals surface area (Å²) in [7, 11) is 0. The van der Waals surface area contributed by atoms with Crippen molar-refractivity contribution in [3.8, 4) is 0 Å². The molecule has 0 radical (unpaired) electrons. The fraction of sp³-hybridized carbons (Fsp3) is 0.294. The standard InChI is InChI=1S/C17H16F3N/c1-10-6-7-12(8-11(10)2)15-9-13-4-3-5-14(16(13)21-15)17(18,19)20/h3-8,15,21H,9H2,1-2H3. The molecule has 1 atom stereocenters. The summed E-state index contributed by atoms with van der Waals surface area (Å²) in [5.74, 6) is 0.